The lowest BCUT2D eigenvalue weighted by molar-refractivity contribution is 0.735. The second-order valence-corrected chi connectivity index (χ2v) is 4.34. The monoisotopic (exact) mass is 210 g/mol. The average Bonchev–Trinajstić information content (AvgIpc) is 2.56. The van der Waals surface area contributed by atoms with Gasteiger partial charge in [-0.05, 0) is 25.5 Å². The fraction of sp³-hybridized carbons (Fsp3) is 0.214. The van der Waals surface area contributed by atoms with Gasteiger partial charge in [0.1, 0.15) is 0 Å². The van der Waals surface area contributed by atoms with Crippen LogP contribution in [0.3, 0.4) is 0 Å². The predicted molar refractivity (Wildman–Crippen MR) is 64.5 cm³/mol. The van der Waals surface area contributed by atoms with Crippen LogP contribution in [0.25, 0.3) is 0 Å². The van der Waals surface area contributed by atoms with Crippen molar-refractivity contribution in [3.05, 3.63) is 58.8 Å². The largest absolute Gasteiger partial charge is 0.398 e. The van der Waals surface area contributed by atoms with Gasteiger partial charge in [0.05, 0.1) is 11.6 Å². The quantitative estimate of drug-likeness (QED) is 0.774. The molecule has 0 aromatic heterocycles. The Morgan fingerprint density at radius 1 is 1.25 bits per heavy atom. The SMILES string of the molecule is Cc1ccc([C@]2(C)C=CC(N)=C2C#N)cc1. The van der Waals surface area contributed by atoms with Crippen molar-refractivity contribution in [2.75, 3.05) is 0 Å². The van der Waals surface area contributed by atoms with Crippen LogP contribution >= 0.6 is 0 Å². The zero-order valence-electron chi connectivity index (χ0n) is 9.49. The Morgan fingerprint density at radius 2 is 1.88 bits per heavy atom. The van der Waals surface area contributed by atoms with E-state index in [1.165, 1.54) is 5.56 Å². The van der Waals surface area contributed by atoms with E-state index in [1.807, 2.05) is 26.0 Å². The summed E-state index contributed by atoms with van der Waals surface area (Å²) < 4.78 is 0. The number of nitriles is 1. The second-order valence-electron chi connectivity index (χ2n) is 4.34. The Balaban J connectivity index is 2.53. The van der Waals surface area contributed by atoms with Gasteiger partial charge in [-0.3, -0.25) is 0 Å². The van der Waals surface area contributed by atoms with Crippen molar-refractivity contribution >= 4 is 0 Å². The van der Waals surface area contributed by atoms with Crippen LogP contribution in [0, 0.1) is 18.3 Å². The van der Waals surface area contributed by atoms with Gasteiger partial charge in [0.25, 0.3) is 0 Å². The third-order valence-corrected chi connectivity index (χ3v) is 3.17. The molecule has 80 valence electrons. The highest BCUT2D eigenvalue weighted by Crippen LogP contribution is 2.38. The highest BCUT2D eigenvalue weighted by molar-refractivity contribution is 5.56. The molecule has 0 saturated heterocycles. The minimum absolute atomic E-state index is 0.369. The maximum Gasteiger partial charge on any atom is 0.0981 e. The lowest BCUT2D eigenvalue weighted by Gasteiger charge is -2.23. The van der Waals surface area contributed by atoms with Gasteiger partial charge >= 0.3 is 0 Å². The summed E-state index contributed by atoms with van der Waals surface area (Å²) >= 11 is 0. The van der Waals surface area contributed by atoms with Crippen LogP contribution in [-0.4, -0.2) is 0 Å². The van der Waals surface area contributed by atoms with Crippen molar-refractivity contribution in [2.24, 2.45) is 5.73 Å². The second kappa shape index (κ2) is 3.53. The third-order valence-electron chi connectivity index (χ3n) is 3.17. The Kier molecular flexibility index (Phi) is 2.32. The minimum atomic E-state index is -0.369. The van der Waals surface area contributed by atoms with E-state index in [9.17, 15) is 0 Å². The summed E-state index contributed by atoms with van der Waals surface area (Å²) in [5.41, 5.74) is 8.96. The third kappa shape index (κ3) is 1.42. The van der Waals surface area contributed by atoms with E-state index in [0.717, 1.165) is 5.56 Å². The first-order chi connectivity index (χ1) is 7.58. The summed E-state index contributed by atoms with van der Waals surface area (Å²) in [6, 6.07) is 10.4. The Labute approximate surface area is 95.7 Å². The van der Waals surface area contributed by atoms with Crippen LogP contribution in [-0.2, 0) is 5.41 Å². The van der Waals surface area contributed by atoms with Crippen molar-refractivity contribution in [3.8, 4) is 6.07 Å². The molecule has 0 heterocycles. The molecule has 2 heteroatoms. The first kappa shape index (κ1) is 10.5. The zero-order valence-corrected chi connectivity index (χ0v) is 9.49. The molecule has 0 fully saturated rings. The van der Waals surface area contributed by atoms with Gasteiger partial charge in [0.15, 0.2) is 0 Å². The van der Waals surface area contributed by atoms with Crippen LogP contribution in [0.4, 0.5) is 0 Å². The fourth-order valence-corrected chi connectivity index (χ4v) is 2.04. The van der Waals surface area contributed by atoms with Gasteiger partial charge in [-0.25, -0.2) is 0 Å². The first-order valence-corrected chi connectivity index (χ1v) is 5.24. The number of benzene rings is 1. The van der Waals surface area contributed by atoms with E-state index in [4.69, 9.17) is 11.0 Å². The summed E-state index contributed by atoms with van der Waals surface area (Å²) in [5, 5.41) is 9.16. The average molecular weight is 210 g/mol. The summed E-state index contributed by atoms with van der Waals surface area (Å²) in [7, 11) is 0. The van der Waals surface area contributed by atoms with Crippen molar-refractivity contribution < 1.29 is 0 Å². The Bertz CT molecular complexity index is 515. The maximum atomic E-state index is 9.16. The molecule has 2 N–H and O–H groups in total. The topological polar surface area (TPSA) is 49.8 Å². The molecular weight excluding hydrogens is 196 g/mol. The van der Waals surface area contributed by atoms with Crippen LogP contribution < -0.4 is 5.73 Å². The molecule has 1 aliphatic rings. The Hall–Kier alpha value is -2.01. The lowest BCUT2D eigenvalue weighted by atomic mass is 9.78. The summed E-state index contributed by atoms with van der Waals surface area (Å²) in [6.07, 6.45) is 3.81. The van der Waals surface area contributed by atoms with E-state index in [-0.39, 0.29) is 5.41 Å². The van der Waals surface area contributed by atoms with Gasteiger partial charge in [-0.1, -0.05) is 35.9 Å². The van der Waals surface area contributed by atoms with Crippen molar-refractivity contribution in [1.29, 1.82) is 5.26 Å². The molecule has 2 rings (SSSR count). The number of hydrogen-bond acceptors (Lipinski definition) is 2. The maximum absolute atomic E-state index is 9.16. The molecule has 0 aliphatic heterocycles. The standard InChI is InChI=1S/C14H14N2/c1-10-3-5-11(6-4-10)14(2)8-7-13(16)12(14)9-15/h3-8H,16H2,1-2H3/t14-/m0/s1. The van der Waals surface area contributed by atoms with E-state index in [0.29, 0.717) is 11.3 Å². The number of rotatable bonds is 1. The molecule has 1 aromatic carbocycles. The van der Waals surface area contributed by atoms with Gasteiger partial charge in [0.2, 0.25) is 0 Å². The lowest BCUT2D eigenvalue weighted by Crippen LogP contribution is -2.20. The van der Waals surface area contributed by atoms with Crippen LogP contribution in [0.5, 0.6) is 0 Å². The smallest absolute Gasteiger partial charge is 0.0981 e. The van der Waals surface area contributed by atoms with Gasteiger partial charge in [-0.2, -0.15) is 5.26 Å². The highest BCUT2D eigenvalue weighted by atomic mass is 14.6. The molecule has 0 radical (unpaired) electrons. The molecule has 0 bridgehead atoms. The predicted octanol–water partition coefficient (Wildman–Crippen LogP) is 2.56. The Morgan fingerprint density at radius 3 is 2.44 bits per heavy atom. The molecule has 0 saturated carbocycles. The summed E-state index contributed by atoms with van der Waals surface area (Å²) in [4.78, 5) is 0. The molecule has 2 nitrogen and oxygen atoms in total. The number of nitrogens with two attached hydrogens (primary N) is 1. The molecule has 0 amide bonds. The van der Waals surface area contributed by atoms with E-state index < -0.39 is 0 Å². The molecule has 1 atom stereocenters. The summed E-state index contributed by atoms with van der Waals surface area (Å²) in [5.74, 6) is 0. The number of allylic oxidation sites excluding steroid dienone is 3. The molecule has 0 spiro atoms. The fourth-order valence-electron chi connectivity index (χ4n) is 2.04. The highest BCUT2D eigenvalue weighted by Gasteiger charge is 2.33. The molecule has 16 heavy (non-hydrogen) atoms. The van der Waals surface area contributed by atoms with E-state index in [1.54, 1.807) is 0 Å². The number of hydrogen-bond donors (Lipinski definition) is 1. The number of nitrogens with zero attached hydrogens (tertiary/aromatic N) is 1. The van der Waals surface area contributed by atoms with Crippen LogP contribution in [0.1, 0.15) is 18.1 Å². The van der Waals surface area contributed by atoms with Crippen molar-refractivity contribution in [2.45, 2.75) is 19.3 Å². The summed E-state index contributed by atoms with van der Waals surface area (Å²) in [6.45, 7) is 4.07. The van der Waals surface area contributed by atoms with Crippen molar-refractivity contribution in [3.63, 3.8) is 0 Å². The zero-order chi connectivity index (χ0) is 11.8. The number of aryl methyl sites for hydroxylation is 1. The first-order valence-electron chi connectivity index (χ1n) is 5.24. The minimum Gasteiger partial charge on any atom is -0.398 e. The van der Waals surface area contributed by atoms with Gasteiger partial charge in [0, 0.05) is 11.1 Å². The molecule has 1 aliphatic carbocycles. The van der Waals surface area contributed by atoms with Gasteiger partial charge in [-0.15, -0.1) is 0 Å². The van der Waals surface area contributed by atoms with Crippen LogP contribution in [0.15, 0.2) is 47.7 Å². The van der Waals surface area contributed by atoms with Crippen LogP contribution in [0.2, 0.25) is 0 Å². The van der Waals surface area contributed by atoms with E-state index in [2.05, 4.69) is 30.3 Å². The van der Waals surface area contributed by atoms with E-state index >= 15 is 0 Å². The van der Waals surface area contributed by atoms with Gasteiger partial charge < -0.3 is 5.73 Å². The molecule has 1 aromatic rings. The normalized spacial score (nSPS) is 23.6. The molecular formula is C14H14N2. The molecule has 0 unspecified atom stereocenters. The van der Waals surface area contributed by atoms with Crippen molar-refractivity contribution in [1.82, 2.24) is 0 Å².